The zero-order valence-electron chi connectivity index (χ0n) is 10.4. The van der Waals surface area contributed by atoms with Gasteiger partial charge in [-0.05, 0) is 26.8 Å². The van der Waals surface area contributed by atoms with Crippen molar-refractivity contribution in [3.63, 3.8) is 0 Å². The van der Waals surface area contributed by atoms with E-state index < -0.39 is 0 Å². The molecular formula is C12H20N2O2. The number of nitrogens with one attached hydrogen (secondary N) is 2. The first-order valence-corrected chi connectivity index (χ1v) is 5.55. The van der Waals surface area contributed by atoms with Crippen LogP contribution in [-0.4, -0.2) is 19.5 Å². The summed E-state index contributed by atoms with van der Waals surface area (Å²) < 4.78 is 5.46. The second-order valence-corrected chi connectivity index (χ2v) is 3.97. The van der Waals surface area contributed by atoms with Crippen LogP contribution in [0, 0.1) is 13.8 Å². The fourth-order valence-electron chi connectivity index (χ4n) is 1.72. The number of hydrogen-bond donors (Lipinski definition) is 2. The lowest BCUT2D eigenvalue weighted by Crippen LogP contribution is -2.26. The molecule has 4 nitrogen and oxygen atoms in total. The van der Waals surface area contributed by atoms with Gasteiger partial charge in [-0.2, -0.15) is 0 Å². The summed E-state index contributed by atoms with van der Waals surface area (Å²) in [4.78, 5) is 11.0. The van der Waals surface area contributed by atoms with Gasteiger partial charge in [-0.15, -0.1) is 0 Å². The van der Waals surface area contributed by atoms with E-state index >= 15 is 0 Å². The van der Waals surface area contributed by atoms with Gasteiger partial charge in [0.2, 0.25) is 5.91 Å². The van der Waals surface area contributed by atoms with Crippen molar-refractivity contribution in [1.29, 1.82) is 0 Å². The first kappa shape index (κ1) is 12.8. The second kappa shape index (κ2) is 5.70. The Hall–Kier alpha value is -1.29. The van der Waals surface area contributed by atoms with E-state index in [1.54, 1.807) is 7.05 Å². The smallest absolute Gasteiger partial charge is 0.221 e. The molecule has 1 atom stereocenters. The maximum atomic E-state index is 11.0. The molecule has 0 saturated carbocycles. The Morgan fingerprint density at radius 3 is 2.69 bits per heavy atom. The van der Waals surface area contributed by atoms with Crippen LogP contribution in [0.2, 0.25) is 0 Å². The minimum absolute atomic E-state index is 0.0554. The van der Waals surface area contributed by atoms with Crippen LogP contribution in [0.4, 0.5) is 0 Å². The molecule has 1 aromatic rings. The first-order valence-electron chi connectivity index (χ1n) is 5.55. The molecule has 90 valence electrons. The molecule has 0 fully saturated rings. The first-order chi connectivity index (χ1) is 7.54. The summed E-state index contributed by atoms with van der Waals surface area (Å²) in [5.74, 6) is 1.92. The predicted octanol–water partition coefficient (Wildman–Crippen LogP) is 1.68. The minimum Gasteiger partial charge on any atom is -0.466 e. The van der Waals surface area contributed by atoms with E-state index in [2.05, 4.69) is 17.6 Å². The highest BCUT2D eigenvalue weighted by atomic mass is 16.3. The van der Waals surface area contributed by atoms with Crippen molar-refractivity contribution in [2.45, 2.75) is 33.2 Å². The van der Waals surface area contributed by atoms with Gasteiger partial charge in [-0.3, -0.25) is 4.79 Å². The second-order valence-electron chi connectivity index (χ2n) is 3.97. The summed E-state index contributed by atoms with van der Waals surface area (Å²) >= 11 is 0. The quantitative estimate of drug-likeness (QED) is 0.800. The fourth-order valence-corrected chi connectivity index (χ4v) is 1.72. The van der Waals surface area contributed by atoms with Gasteiger partial charge in [0.05, 0.1) is 0 Å². The average molecular weight is 224 g/mol. The largest absolute Gasteiger partial charge is 0.466 e. The molecule has 0 saturated heterocycles. The van der Waals surface area contributed by atoms with Crippen molar-refractivity contribution in [3.8, 4) is 0 Å². The van der Waals surface area contributed by atoms with Gasteiger partial charge in [-0.25, -0.2) is 0 Å². The molecule has 0 bridgehead atoms. The Kier molecular flexibility index (Phi) is 4.55. The molecule has 1 aromatic heterocycles. The summed E-state index contributed by atoms with van der Waals surface area (Å²) in [7, 11) is 1.65. The van der Waals surface area contributed by atoms with Crippen LogP contribution in [0.5, 0.6) is 0 Å². The summed E-state index contributed by atoms with van der Waals surface area (Å²) in [5, 5.41) is 5.89. The van der Waals surface area contributed by atoms with Crippen LogP contribution < -0.4 is 10.6 Å². The highest BCUT2D eigenvalue weighted by molar-refractivity contribution is 5.75. The molecule has 2 N–H and O–H groups in total. The number of rotatable bonds is 5. The van der Waals surface area contributed by atoms with Crippen molar-refractivity contribution >= 4 is 5.91 Å². The molecule has 1 rings (SSSR count). The van der Waals surface area contributed by atoms with E-state index in [1.165, 1.54) is 0 Å². The molecule has 0 aliphatic rings. The Morgan fingerprint density at radius 2 is 2.19 bits per heavy atom. The van der Waals surface area contributed by atoms with E-state index in [0.29, 0.717) is 13.0 Å². The molecule has 1 unspecified atom stereocenters. The standard InChI is InChI=1S/C12H20N2O2/c1-8-7-11(10(3)16-8)9(2)14-6-5-12(15)13-4/h7,9,14H,5-6H2,1-4H3,(H,13,15). The van der Waals surface area contributed by atoms with Gasteiger partial charge < -0.3 is 15.1 Å². The van der Waals surface area contributed by atoms with Crippen LogP contribution in [-0.2, 0) is 4.79 Å². The number of amides is 1. The van der Waals surface area contributed by atoms with Crippen molar-refractivity contribution in [2.24, 2.45) is 0 Å². The molecular weight excluding hydrogens is 204 g/mol. The number of furan rings is 1. The third-order valence-corrected chi connectivity index (χ3v) is 2.63. The zero-order valence-corrected chi connectivity index (χ0v) is 10.4. The maximum absolute atomic E-state index is 11.0. The maximum Gasteiger partial charge on any atom is 0.221 e. The predicted molar refractivity (Wildman–Crippen MR) is 63.3 cm³/mol. The van der Waals surface area contributed by atoms with E-state index in [-0.39, 0.29) is 11.9 Å². The van der Waals surface area contributed by atoms with Crippen LogP contribution >= 0.6 is 0 Å². The number of hydrogen-bond acceptors (Lipinski definition) is 3. The van der Waals surface area contributed by atoms with Crippen LogP contribution in [0.15, 0.2) is 10.5 Å². The van der Waals surface area contributed by atoms with Crippen molar-refractivity contribution in [1.82, 2.24) is 10.6 Å². The molecule has 16 heavy (non-hydrogen) atoms. The van der Waals surface area contributed by atoms with E-state index in [0.717, 1.165) is 17.1 Å². The molecule has 0 aliphatic heterocycles. The topological polar surface area (TPSA) is 54.3 Å². The third kappa shape index (κ3) is 3.38. The monoisotopic (exact) mass is 224 g/mol. The van der Waals surface area contributed by atoms with Crippen LogP contribution in [0.25, 0.3) is 0 Å². The molecule has 0 aromatic carbocycles. The number of carbonyl (C=O) groups excluding carboxylic acids is 1. The molecule has 4 heteroatoms. The van der Waals surface area contributed by atoms with Gasteiger partial charge >= 0.3 is 0 Å². The van der Waals surface area contributed by atoms with Gasteiger partial charge in [0.15, 0.2) is 0 Å². The number of carbonyl (C=O) groups is 1. The summed E-state index contributed by atoms with van der Waals surface area (Å²) in [6, 6.07) is 2.24. The molecule has 1 amide bonds. The Morgan fingerprint density at radius 1 is 1.50 bits per heavy atom. The molecule has 0 aliphatic carbocycles. The van der Waals surface area contributed by atoms with E-state index in [9.17, 15) is 4.79 Å². The van der Waals surface area contributed by atoms with Gasteiger partial charge in [0.1, 0.15) is 11.5 Å². The molecule has 1 heterocycles. The highest BCUT2D eigenvalue weighted by Gasteiger charge is 2.12. The van der Waals surface area contributed by atoms with Crippen molar-refractivity contribution in [3.05, 3.63) is 23.2 Å². The normalized spacial score (nSPS) is 12.5. The van der Waals surface area contributed by atoms with Crippen molar-refractivity contribution in [2.75, 3.05) is 13.6 Å². The zero-order chi connectivity index (χ0) is 12.1. The van der Waals surface area contributed by atoms with E-state index in [4.69, 9.17) is 4.42 Å². The summed E-state index contributed by atoms with van der Waals surface area (Å²) in [5.41, 5.74) is 1.16. The lowest BCUT2D eigenvalue weighted by molar-refractivity contribution is -0.120. The summed E-state index contributed by atoms with van der Waals surface area (Å²) in [6.45, 7) is 6.64. The average Bonchev–Trinajstić information content (AvgIpc) is 2.57. The Balaban J connectivity index is 2.43. The Bertz CT molecular complexity index is 358. The minimum atomic E-state index is 0.0554. The molecule has 0 radical (unpaired) electrons. The molecule has 0 spiro atoms. The highest BCUT2D eigenvalue weighted by Crippen LogP contribution is 2.20. The van der Waals surface area contributed by atoms with Gasteiger partial charge in [0, 0.05) is 31.6 Å². The Labute approximate surface area is 96.4 Å². The SMILES string of the molecule is CNC(=O)CCNC(C)c1cc(C)oc1C. The lowest BCUT2D eigenvalue weighted by Gasteiger charge is -2.12. The van der Waals surface area contributed by atoms with Crippen molar-refractivity contribution < 1.29 is 9.21 Å². The van der Waals surface area contributed by atoms with E-state index in [1.807, 2.05) is 19.9 Å². The summed E-state index contributed by atoms with van der Waals surface area (Å²) in [6.07, 6.45) is 0.497. The lowest BCUT2D eigenvalue weighted by atomic mass is 10.1. The van der Waals surface area contributed by atoms with Crippen LogP contribution in [0.3, 0.4) is 0 Å². The third-order valence-electron chi connectivity index (χ3n) is 2.63. The number of aryl methyl sites for hydroxylation is 2. The fraction of sp³-hybridized carbons (Fsp3) is 0.583. The van der Waals surface area contributed by atoms with Crippen LogP contribution in [0.1, 0.15) is 36.5 Å². The van der Waals surface area contributed by atoms with Gasteiger partial charge in [-0.1, -0.05) is 0 Å². The van der Waals surface area contributed by atoms with Gasteiger partial charge in [0.25, 0.3) is 0 Å².